The van der Waals surface area contributed by atoms with Gasteiger partial charge < -0.3 is 15.8 Å². The molecule has 3 rings (SSSR count). The van der Waals surface area contributed by atoms with Crippen LogP contribution in [-0.2, 0) is 21.6 Å². The number of fused-ring (bicyclic) bond motifs is 1. The van der Waals surface area contributed by atoms with Crippen molar-refractivity contribution in [1.29, 1.82) is 0 Å². The second kappa shape index (κ2) is 4.98. The minimum absolute atomic E-state index is 0.205. The number of alkyl halides is 2. The van der Waals surface area contributed by atoms with Crippen molar-refractivity contribution < 1.29 is 23.1 Å². The molecule has 1 fully saturated rings. The van der Waals surface area contributed by atoms with Crippen LogP contribution < -0.4 is 11.1 Å². The van der Waals surface area contributed by atoms with Gasteiger partial charge in [-0.15, -0.1) is 11.3 Å². The number of rotatable bonds is 3. The number of ether oxygens (including phenoxy) is 1. The Morgan fingerprint density at radius 1 is 1.29 bits per heavy atom. The van der Waals surface area contributed by atoms with Gasteiger partial charge in [0.05, 0.1) is 16.8 Å². The summed E-state index contributed by atoms with van der Waals surface area (Å²) in [7, 11) is 0. The molecule has 0 bridgehead atoms. The number of primary amides is 1. The number of anilines is 1. The van der Waals surface area contributed by atoms with Crippen LogP contribution in [0.4, 0.5) is 13.8 Å². The number of carbonyl (C=O) groups is 2. The van der Waals surface area contributed by atoms with Crippen molar-refractivity contribution in [3.05, 3.63) is 16.0 Å². The van der Waals surface area contributed by atoms with E-state index in [0.29, 0.717) is 6.42 Å². The molecule has 3 N–H and O–H groups in total. The highest BCUT2D eigenvalue weighted by atomic mass is 32.1. The van der Waals surface area contributed by atoms with E-state index >= 15 is 0 Å². The first-order valence-electron chi connectivity index (χ1n) is 7.69. The highest BCUT2D eigenvalue weighted by Gasteiger charge is 2.61. The van der Waals surface area contributed by atoms with Gasteiger partial charge in [-0.25, -0.2) is 8.78 Å². The van der Waals surface area contributed by atoms with Gasteiger partial charge in [0.25, 0.3) is 11.8 Å². The van der Waals surface area contributed by atoms with Crippen molar-refractivity contribution >= 4 is 28.2 Å². The standard InChI is InChI=1S/C16H20F2N2O3S/c1-14(2)5-7-9(11(19)21)13(24-10(7)15(3,4)23-14)20-12(22)8-6-16(8,17)18/h8H,5-6H2,1-4H3,(H2,19,21)(H,20,22). The molecule has 0 radical (unpaired) electrons. The van der Waals surface area contributed by atoms with E-state index in [1.807, 2.05) is 27.7 Å². The molecule has 1 aromatic rings. The lowest BCUT2D eigenvalue weighted by Gasteiger charge is -2.41. The highest BCUT2D eigenvalue weighted by molar-refractivity contribution is 7.17. The Labute approximate surface area is 142 Å². The van der Waals surface area contributed by atoms with Crippen LogP contribution in [0.3, 0.4) is 0 Å². The lowest BCUT2D eigenvalue weighted by molar-refractivity contribution is -0.135. The van der Waals surface area contributed by atoms with Gasteiger partial charge in [0, 0.05) is 17.7 Å². The van der Waals surface area contributed by atoms with Gasteiger partial charge in [0.1, 0.15) is 10.9 Å². The molecule has 1 unspecified atom stereocenters. The van der Waals surface area contributed by atoms with Crippen LogP contribution in [0.1, 0.15) is 54.9 Å². The maximum Gasteiger partial charge on any atom is 0.260 e. The second-order valence-corrected chi connectivity index (χ2v) is 8.55. The van der Waals surface area contributed by atoms with Crippen LogP contribution in [0.5, 0.6) is 0 Å². The van der Waals surface area contributed by atoms with E-state index < -0.39 is 41.3 Å². The summed E-state index contributed by atoms with van der Waals surface area (Å²) in [6, 6.07) is 0. The Balaban J connectivity index is 2.01. The van der Waals surface area contributed by atoms with Crippen LogP contribution in [0.15, 0.2) is 0 Å². The topological polar surface area (TPSA) is 81.4 Å². The van der Waals surface area contributed by atoms with Gasteiger partial charge in [0.2, 0.25) is 5.91 Å². The molecular weight excluding hydrogens is 338 g/mol. The molecule has 5 nitrogen and oxygen atoms in total. The maximum atomic E-state index is 13.1. The SMILES string of the molecule is CC1(C)Cc2c(sc(NC(=O)C3CC3(F)F)c2C(N)=O)C(C)(C)O1. The van der Waals surface area contributed by atoms with Gasteiger partial charge in [-0.2, -0.15) is 0 Å². The molecule has 0 saturated heterocycles. The fourth-order valence-corrected chi connectivity index (χ4v) is 4.63. The maximum absolute atomic E-state index is 13.1. The van der Waals surface area contributed by atoms with Crippen molar-refractivity contribution in [2.24, 2.45) is 11.7 Å². The summed E-state index contributed by atoms with van der Waals surface area (Å²) in [5, 5.41) is 2.71. The third kappa shape index (κ3) is 2.82. The summed E-state index contributed by atoms with van der Waals surface area (Å²) in [6.07, 6.45) is -0.00649. The monoisotopic (exact) mass is 358 g/mol. The number of nitrogens with one attached hydrogen (secondary N) is 1. The number of hydrogen-bond donors (Lipinski definition) is 2. The van der Waals surface area contributed by atoms with Crippen LogP contribution in [0.25, 0.3) is 0 Å². The van der Waals surface area contributed by atoms with E-state index in [4.69, 9.17) is 10.5 Å². The Hall–Kier alpha value is -1.54. The summed E-state index contributed by atoms with van der Waals surface area (Å²) in [5.74, 6) is -5.76. The molecular formula is C16H20F2N2O3S. The minimum Gasteiger partial charge on any atom is -0.365 e. The summed E-state index contributed by atoms with van der Waals surface area (Å²) < 4.78 is 32.2. The molecule has 8 heteroatoms. The van der Waals surface area contributed by atoms with E-state index in [1.165, 1.54) is 11.3 Å². The fourth-order valence-electron chi connectivity index (χ4n) is 3.36. The molecule has 0 spiro atoms. The molecule has 1 aromatic heterocycles. The Morgan fingerprint density at radius 3 is 2.38 bits per heavy atom. The lowest BCUT2D eigenvalue weighted by atomic mass is 9.86. The zero-order chi connectivity index (χ0) is 18.1. The largest absolute Gasteiger partial charge is 0.365 e. The van der Waals surface area contributed by atoms with Crippen LogP contribution >= 0.6 is 11.3 Å². The molecule has 1 saturated carbocycles. The number of nitrogens with two attached hydrogens (primary N) is 1. The first-order valence-corrected chi connectivity index (χ1v) is 8.50. The van der Waals surface area contributed by atoms with E-state index in [9.17, 15) is 18.4 Å². The quantitative estimate of drug-likeness (QED) is 0.871. The number of carbonyl (C=O) groups excluding carboxylic acids is 2. The first-order chi connectivity index (χ1) is 10.8. The normalized spacial score (nSPS) is 25.7. The zero-order valence-electron chi connectivity index (χ0n) is 14.0. The third-order valence-corrected chi connectivity index (χ3v) is 5.77. The Bertz CT molecular complexity index is 740. The molecule has 1 aliphatic carbocycles. The van der Waals surface area contributed by atoms with Gasteiger partial charge in [-0.1, -0.05) is 0 Å². The molecule has 2 heterocycles. The minimum atomic E-state index is -2.96. The highest BCUT2D eigenvalue weighted by Crippen LogP contribution is 2.51. The molecule has 2 aliphatic rings. The summed E-state index contributed by atoms with van der Waals surface area (Å²) in [5.41, 5.74) is 5.27. The van der Waals surface area contributed by atoms with Crippen molar-refractivity contribution in [3.63, 3.8) is 0 Å². The molecule has 1 aliphatic heterocycles. The van der Waals surface area contributed by atoms with Crippen LogP contribution in [-0.4, -0.2) is 23.3 Å². The smallest absolute Gasteiger partial charge is 0.260 e. The predicted molar refractivity (Wildman–Crippen MR) is 86.4 cm³/mol. The summed E-state index contributed by atoms with van der Waals surface area (Å²) >= 11 is 1.17. The van der Waals surface area contributed by atoms with Crippen LogP contribution in [0, 0.1) is 5.92 Å². The van der Waals surface area contributed by atoms with Crippen LogP contribution in [0.2, 0.25) is 0 Å². The summed E-state index contributed by atoms with van der Waals surface area (Å²) in [4.78, 5) is 24.7. The number of thiophene rings is 1. The second-order valence-electron chi connectivity index (χ2n) is 7.53. The fraction of sp³-hybridized carbons (Fsp3) is 0.625. The third-order valence-electron chi connectivity index (χ3n) is 4.31. The van der Waals surface area contributed by atoms with E-state index in [2.05, 4.69) is 5.32 Å². The van der Waals surface area contributed by atoms with E-state index in [-0.39, 0.29) is 10.6 Å². The van der Waals surface area contributed by atoms with Gasteiger partial charge >= 0.3 is 0 Å². The zero-order valence-corrected chi connectivity index (χ0v) is 14.8. The molecule has 24 heavy (non-hydrogen) atoms. The van der Waals surface area contributed by atoms with Gasteiger partial charge in [0.15, 0.2) is 0 Å². The number of hydrogen-bond acceptors (Lipinski definition) is 4. The van der Waals surface area contributed by atoms with Gasteiger partial charge in [-0.05, 0) is 33.3 Å². The molecule has 0 aromatic carbocycles. The predicted octanol–water partition coefficient (Wildman–Crippen LogP) is 3.03. The Kier molecular flexibility index (Phi) is 3.59. The van der Waals surface area contributed by atoms with Crippen molar-refractivity contribution in [3.8, 4) is 0 Å². The average molecular weight is 358 g/mol. The average Bonchev–Trinajstić information content (AvgIpc) is 2.85. The number of halogens is 2. The molecule has 132 valence electrons. The lowest BCUT2D eigenvalue weighted by Crippen LogP contribution is -2.42. The molecule has 2 amide bonds. The van der Waals surface area contributed by atoms with E-state index in [0.717, 1.165) is 10.4 Å². The van der Waals surface area contributed by atoms with E-state index in [1.54, 1.807) is 0 Å². The first kappa shape index (κ1) is 17.3. The van der Waals surface area contributed by atoms with Crippen molar-refractivity contribution in [1.82, 2.24) is 0 Å². The van der Waals surface area contributed by atoms with Gasteiger partial charge in [-0.3, -0.25) is 9.59 Å². The molecule has 1 atom stereocenters. The van der Waals surface area contributed by atoms with Crippen molar-refractivity contribution in [2.75, 3.05) is 5.32 Å². The van der Waals surface area contributed by atoms with Crippen molar-refractivity contribution in [2.45, 2.75) is 57.7 Å². The summed E-state index contributed by atoms with van der Waals surface area (Å²) in [6.45, 7) is 7.55. The Morgan fingerprint density at radius 2 is 1.88 bits per heavy atom. The number of amides is 2.